The van der Waals surface area contributed by atoms with Gasteiger partial charge in [-0.05, 0) is 31.1 Å². The van der Waals surface area contributed by atoms with Crippen LogP contribution in [0.15, 0.2) is 11.8 Å². The molecule has 84 valence electrons. The molecular formula is C14H23N. The van der Waals surface area contributed by atoms with E-state index in [-0.39, 0.29) is 0 Å². The van der Waals surface area contributed by atoms with Crippen LogP contribution in [0.3, 0.4) is 0 Å². The van der Waals surface area contributed by atoms with Crippen LogP contribution in [0.2, 0.25) is 0 Å². The second-order valence-electron chi connectivity index (χ2n) is 5.62. The normalized spacial score (nSPS) is 36.9. The van der Waals surface area contributed by atoms with Crippen molar-refractivity contribution in [2.24, 2.45) is 17.8 Å². The molecule has 2 fully saturated rings. The number of rotatable bonds is 1. The van der Waals surface area contributed by atoms with E-state index in [1.807, 2.05) is 0 Å². The Morgan fingerprint density at radius 3 is 2.73 bits per heavy atom. The zero-order chi connectivity index (χ0) is 10.1. The van der Waals surface area contributed by atoms with Gasteiger partial charge in [-0.3, -0.25) is 0 Å². The summed E-state index contributed by atoms with van der Waals surface area (Å²) in [5, 5.41) is 3.59. The van der Waals surface area contributed by atoms with Gasteiger partial charge >= 0.3 is 0 Å². The van der Waals surface area contributed by atoms with Crippen LogP contribution in [-0.2, 0) is 0 Å². The molecule has 1 heterocycles. The third-order valence-electron chi connectivity index (χ3n) is 4.82. The Bertz CT molecular complexity index is 250. The summed E-state index contributed by atoms with van der Waals surface area (Å²) in [5.41, 5.74) is 1.61. The summed E-state index contributed by atoms with van der Waals surface area (Å²) in [5.74, 6) is 3.01. The predicted molar refractivity (Wildman–Crippen MR) is 63.5 cm³/mol. The maximum absolute atomic E-state index is 3.59. The Morgan fingerprint density at radius 2 is 1.87 bits per heavy atom. The second kappa shape index (κ2) is 4.19. The van der Waals surface area contributed by atoms with Gasteiger partial charge in [-0.1, -0.05) is 38.2 Å². The average molecular weight is 205 g/mol. The van der Waals surface area contributed by atoms with Gasteiger partial charge in [0.15, 0.2) is 0 Å². The largest absolute Gasteiger partial charge is 0.388 e. The summed E-state index contributed by atoms with van der Waals surface area (Å²) < 4.78 is 0. The summed E-state index contributed by atoms with van der Waals surface area (Å²) in [7, 11) is 0. The molecule has 0 bridgehead atoms. The van der Waals surface area contributed by atoms with Crippen LogP contribution in [0.25, 0.3) is 0 Å². The van der Waals surface area contributed by atoms with E-state index in [1.54, 1.807) is 5.70 Å². The summed E-state index contributed by atoms with van der Waals surface area (Å²) in [6, 6.07) is 0. The van der Waals surface area contributed by atoms with E-state index in [1.165, 1.54) is 57.9 Å². The van der Waals surface area contributed by atoms with Crippen molar-refractivity contribution in [3.63, 3.8) is 0 Å². The minimum Gasteiger partial charge on any atom is -0.388 e. The average Bonchev–Trinajstić information content (AvgIpc) is 2.78. The highest BCUT2D eigenvalue weighted by Gasteiger charge is 2.36. The van der Waals surface area contributed by atoms with Crippen LogP contribution in [0, 0.1) is 17.8 Å². The minimum absolute atomic E-state index is 0.918. The van der Waals surface area contributed by atoms with E-state index < -0.39 is 0 Å². The number of allylic oxidation sites excluding steroid dienone is 2. The third kappa shape index (κ3) is 1.81. The van der Waals surface area contributed by atoms with Crippen molar-refractivity contribution < 1.29 is 0 Å². The molecule has 1 nitrogen and oxygen atoms in total. The van der Waals surface area contributed by atoms with Crippen molar-refractivity contribution in [1.82, 2.24) is 5.32 Å². The van der Waals surface area contributed by atoms with Crippen LogP contribution >= 0.6 is 0 Å². The predicted octanol–water partition coefficient (Wildman–Crippen LogP) is 3.47. The lowest BCUT2D eigenvalue weighted by molar-refractivity contribution is 0.181. The second-order valence-corrected chi connectivity index (χ2v) is 5.62. The zero-order valence-corrected chi connectivity index (χ0v) is 9.67. The van der Waals surface area contributed by atoms with Crippen LogP contribution in [0.4, 0.5) is 0 Å². The van der Waals surface area contributed by atoms with Crippen molar-refractivity contribution in [3.05, 3.63) is 11.8 Å². The van der Waals surface area contributed by atoms with Crippen molar-refractivity contribution in [3.8, 4) is 0 Å². The number of nitrogens with one attached hydrogen (secondary N) is 1. The van der Waals surface area contributed by atoms with Crippen molar-refractivity contribution in [1.29, 1.82) is 0 Å². The molecule has 0 aromatic rings. The van der Waals surface area contributed by atoms with E-state index >= 15 is 0 Å². The topological polar surface area (TPSA) is 12.0 Å². The molecule has 2 unspecified atom stereocenters. The van der Waals surface area contributed by atoms with E-state index in [2.05, 4.69) is 11.4 Å². The highest BCUT2D eigenvalue weighted by atomic mass is 14.9. The molecule has 0 aromatic carbocycles. The molecule has 1 saturated heterocycles. The highest BCUT2D eigenvalue weighted by Crippen LogP contribution is 2.43. The van der Waals surface area contributed by atoms with Gasteiger partial charge in [-0.15, -0.1) is 0 Å². The maximum atomic E-state index is 3.59. The number of hydrogen-bond acceptors (Lipinski definition) is 1. The van der Waals surface area contributed by atoms with Gasteiger partial charge in [-0.25, -0.2) is 0 Å². The molecule has 1 saturated carbocycles. The first kappa shape index (κ1) is 9.74. The van der Waals surface area contributed by atoms with Crippen LogP contribution < -0.4 is 5.32 Å². The molecule has 1 heteroatoms. The Balaban J connectivity index is 1.72. The highest BCUT2D eigenvalue weighted by molar-refractivity contribution is 5.14. The SMILES string of the molecule is C1=C2NCCC2C(C2CCCCC2)CC1. The quantitative estimate of drug-likeness (QED) is 0.691. The van der Waals surface area contributed by atoms with E-state index in [4.69, 9.17) is 0 Å². The van der Waals surface area contributed by atoms with Crippen molar-refractivity contribution in [2.75, 3.05) is 6.54 Å². The molecule has 0 spiro atoms. The number of hydrogen-bond donors (Lipinski definition) is 1. The van der Waals surface area contributed by atoms with Gasteiger partial charge < -0.3 is 5.32 Å². The fraction of sp³-hybridized carbons (Fsp3) is 0.857. The van der Waals surface area contributed by atoms with Crippen LogP contribution in [0.1, 0.15) is 51.4 Å². The van der Waals surface area contributed by atoms with Crippen LogP contribution in [-0.4, -0.2) is 6.54 Å². The van der Waals surface area contributed by atoms with Gasteiger partial charge in [0.1, 0.15) is 0 Å². The zero-order valence-electron chi connectivity index (χ0n) is 9.67. The van der Waals surface area contributed by atoms with E-state index in [0.717, 1.165) is 17.8 Å². The summed E-state index contributed by atoms with van der Waals surface area (Å²) in [4.78, 5) is 0. The maximum Gasteiger partial charge on any atom is 0.0150 e. The van der Waals surface area contributed by atoms with Crippen molar-refractivity contribution in [2.45, 2.75) is 51.4 Å². The monoisotopic (exact) mass is 205 g/mol. The van der Waals surface area contributed by atoms with E-state index in [0.29, 0.717) is 0 Å². The Kier molecular flexibility index (Phi) is 2.72. The van der Waals surface area contributed by atoms with Crippen LogP contribution in [0.5, 0.6) is 0 Å². The summed E-state index contributed by atoms with van der Waals surface area (Å²) in [6.07, 6.45) is 14.2. The summed E-state index contributed by atoms with van der Waals surface area (Å²) in [6.45, 7) is 1.24. The standard InChI is InChI=1S/C14H23N/c1-2-5-11(6-3-1)12-7-4-8-14-13(12)9-10-15-14/h8,11-13,15H,1-7,9-10H2. The molecule has 2 atom stereocenters. The first-order valence-corrected chi connectivity index (χ1v) is 6.89. The lowest BCUT2D eigenvalue weighted by atomic mass is 9.69. The first-order chi connectivity index (χ1) is 7.45. The molecule has 1 N–H and O–H groups in total. The lowest BCUT2D eigenvalue weighted by Crippen LogP contribution is -2.28. The fourth-order valence-corrected chi connectivity index (χ4v) is 4.09. The molecule has 15 heavy (non-hydrogen) atoms. The Labute approximate surface area is 93.3 Å². The molecule has 0 amide bonds. The molecule has 1 aliphatic heterocycles. The lowest BCUT2D eigenvalue weighted by Gasteiger charge is -2.36. The minimum atomic E-state index is 0.918. The molecule has 0 radical (unpaired) electrons. The molecular weight excluding hydrogens is 182 g/mol. The molecule has 3 rings (SSSR count). The van der Waals surface area contributed by atoms with E-state index in [9.17, 15) is 0 Å². The summed E-state index contributed by atoms with van der Waals surface area (Å²) >= 11 is 0. The fourth-order valence-electron chi connectivity index (χ4n) is 4.09. The third-order valence-corrected chi connectivity index (χ3v) is 4.82. The number of fused-ring (bicyclic) bond motifs is 1. The molecule has 3 aliphatic rings. The molecule has 2 aliphatic carbocycles. The van der Waals surface area contributed by atoms with Gasteiger partial charge in [0.25, 0.3) is 0 Å². The smallest absolute Gasteiger partial charge is 0.0150 e. The Hall–Kier alpha value is -0.460. The van der Waals surface area contributed by atoms with Gasteiger partial charge in [0.2, 0.25) is 0 Å². The van der Waals surface area contributed by atoms with Gasteiger partial charge in [-0.2, -0.15) is 0 Å². The van der Waals surface area contributed by atoms with Gasteiger partial charge in [0, 0.05) is 18.2 Å². The molecule has 0 aromatic heterocycles. The van der Waals surface area contributed by atoms with Crippen molar-refractivity contribution >= 4 is 0 Å². The Morgan fingerprint density at radius 1 is 1.00 bits per heavy atom. The van der Waals surface area contributed by atoms with Gasteiger partial charge in [0.05, 0.1) is 0 Å². The first-order valence-electron chi connectivity index (χ1n) is 6.89.